The summed E-state index contributed by atoms with van der Waals surface area (Å²) in [6.07, 6.45) is 0.654. The van der Waals surface area contributed by atoms with Crippen LogP contribution in [0.5, 0.6) is 0 Å². The van der Waals surface area contributed by atoms with Gasteiger partial charge in [0.2, 0.25) is 11.3 Å². The molecule has 0 saturated carbocycles. The van der Waals surface area contributed by atoms with Crippen molar-refractivity contribution in [1.82, 2.24) is 10.3 Å². The Morgan fingerprint density at radius 1 is 1.00 bits per heavy atom. The zero-order valence-corrected chi connectivity index (χ0v) is 23.0. The average Bonchev–Trinajstić information content (AvgIpc) is 3.13. The van der Waals surface area contributed by atoms with Crippen molar-refractivity contribution in [2.75, 3.05) is 42.5 Å². The van der Waals surface area contributed by atoms with Crippen molar-refractivity contribution in [3.63, 3.8) is 0 Å². The molecule has 0 bridgehead atoms. The SMILES string of the molecule is CCc1cc(N2CCCNCC2)cc2[s+]c3cc(N4CCCC4C)cc(CC)c3nc12.O=C([O-])C(F)(F)F. The second-order valence-corrected chi connectivity index (χ2v) is 11.0. The predicted molar refractivity (Wildman–Crippen MR) is 147 cm³/mol. The molecule has 1 N–H and O–H groups in total. The Hall–Kier alpha value is -2.72. The molecule has 3 aromatic rings. The molecule has 206 valence electrons. The van der Waals surface area contributed by atoms with Crippen LogP contribution >= 0.6 is 11.3 Å². The zero-order chi connectivity index (χ0) is 27.4. The van der Waals surface area contributed by atoms with Crippen LogP contribution in [0.1, 0.15) is 51.2 Å². The Balaban J connectivity index is 0.000000426. The minimum absolute atomic E-state index is 0.635. The molecule has 0 radical (unpaired) electrons. The molecule has 2 aliphatic heterocycles. The highest BCUT2D eigenvalue weighted by Crippen LogP contribution is 2.37. The van der Waals surface area contributed by atoms with Gasteiger partial charge in [-0.1, -0.05) is 13.8 Å². The lowest BCUT2D eigenvalue weighted by atomic mass is 10.1. The fourth-order valence-electron chi connectivity index (χ4n) is 5.25. The molecule has 0 amide bonds. The lowest BCUT2D eigenvalue weighted by molar-refractivity contribution is -0.344. The molecule has 3 heterocycles. The van der Waals surface area contributed by atoms with Gasteiger partial charge in [-0.15, -0.1) is 0 Å². The molecule has 0 spiro atoms. The minimum atomic E-state index is -5.19. The minimum Gasteiger partial charge on any atom is -0.542 e. The van der Waals surface area contributed by atoms with Crippen molar-refractivity contribution in [3.05, 3.63) is 35.4 Å². The van der Waals surface area contributed by atoms with Gasteiger partial charge in [-0.2, -0.15) is 13.2 Å². The molecular formula is C28H35F3N4O2S. The zero-order valence-electron chi connectivity index (χ0n) is 22.2. The van der Waals surface area contributed by atoms with Gasteiger partial charge in [-0.3, -0.25) is 0 Å². The maximum absolute atomic E-state index is 10.5. The van der Waals surface area contributed by atoms with Gasteiger partial charge >= 0.3 is 6.18 Å². The number of aryl methyl sites for hydroxylation is 2. The standard InChI is InChI=1S/C26H35N4S.C2HF3O2/c1-4-19-14-21(29-11-7-9-27-10-13-29)16-23-25(19)28-26-20(5-2)15-22(17-24(26)31-23)30-12-6-8-18(30)3;3-2(4,5)1(6)7/h14-18,27H,4-13H2,1-3H3;(H,6,7)/q+1;/p-1. The summed E-state index contributed by atoms with van der Waals surface area (Å²) in [4.78, 5) is 19.2. The van der Waals surface area contributed by atoms with Gasteiger partial charge in [0.05, 0.1) is 0 Å². The number of benzene rings is 2. The number of fused-ring (bicyclic) bond motifs is 2. The Morgan fingerprint density at radius 3 is 2.16 bits per heavy atom. The molecule has 2 aromatic carbocycles. The van der Waals surface area contributed by atoms with E-state index in [1.165, 1.54) is 68.7 Å². The number of hydrogen-bond acceptors (Lipinski definition) is 6. The highest BCUT2D eigenvalue weighted by atomic mass is 32.1. The van der Waals surface area contributed by atoms with Gasteiger partial charge in [-0.25, -0.2) is 4.98 Å². The van der Waals surface area contributed by atoms with Crippen LogP contribution in [0.15, 0.2) is 24.3 Å². The van der Waals surface area contributed by atoms with Gasteiger partial charge in [-0.05, 0) is 68.8 Å². The van der Waals surface area contributed by atoms with E-state index in [4.69, 9.17) is 14.9 Å². The molecule has 0 aliphatic carbocycles. The molecule has 1 atom stereocenters. The largest absolute Gasteiger partial charge is 0.542 e. The summed E-state index contributed by atoms with van der Waals surface area (Å²) in [7, 11) is 0. The molecule has 5 rings (SSSR count). The van der Waals surface area contributed by atoms with Gasteiger partial charge in [0.1, 0.15) is 17.0 Å². The van der Waals surface area contributed by atoms with Crippen LogP contribution in [0.25, 0.3) is 20.4 Å². The van der Waals surface area contributed by atoms with Crippen LogP contribution in [0.4, 0.5) is 24.5 Å². The number of nitrogens with zero attached hydrogens (tertiary/aromatic N) is 3. The molecule has 1 aromatic heterocycles. The number of halogens is 3. The van der Waals surface area contributed by atoms with E-state index in [-0.39, 0.29) is 0 Å². The molecule has 38 heavy (non-hydrogen) atoms. The lowest BCUT2D eigenvalue weighted by Crippen LogP contribution is -2.37. The third kappa shape index (κ3) is 6.29. The van der Waals surface area contributed by atoms with Crippen molar-refractivity contribution in [2.45, 2.75) is 65.1 Å². The summed E-state index contributed by atoms with van der Waals surface area (Å²) in [5, 5.41) is 12.3. The lowest BCUT2D eigenvalue weighted by Gasteiger charge is -2.24. The van der Waals surface area contributed by atoms with Gasteiger partial charge in [0.15, 0.2) is 0 Å². The Bertz CT molecular complexity index is 1290. The van der Waals surface area contributed by atoms with Crippen LogP contribution in [0, 0.1) is 0 Å². The summed E-state index contributed by atoms with van der Waals surface area (Å²) in [5.74, 6) is -3.01. The summed E-state index contributed by atoms with van der Waals surface area (Å²) in [6, 6.07) is 10.2. The summed E-state index contributed by atoms with van der Waals surface area (Å²) >= 11 is 1.94. The van der Waals surface area contributed by atoms with Gasteiger partial charge in [0.25, 0.3) is 9.40 Å². The Morgan fingerprint density at radius 2 is 1.61 bits per heavy atom. The number of carbonyl (C=O) groups is 1. The van der Waals surface area contributed by atoms with E-state index in [1.807, 2.05) is 11.3 Å². The first kappa shape index (κ1) is 28.3. The number of rotatable bonds is 4. The van der Waals surface area contributed by atoms with E-state index in [0.717, 1.165) is 39.0 Å². The Kier molecular flexibility index (Phi) is 8.92. The van der Waals surface area contributed by atoms with Crippen LogP contribution in [0.2, 0.25) is 0 Å². The van der Waals surface area contributed by atoms with Crippen LogP contribution in [-0.2, 0) is 17.6 Å². The molecular weight excluding hydrogens is 513 g/mol. The number of carbonyl (C=O) groups excluding carboxylic acids is 1. The maximum atomic E-state index is 10.5. The number of carboxylic acid groups (broad SMARTS) is 1. The summed E-state index contributed by atoms with van der Waals surface area (Å²) in [5.41, 5.74) is 7.92. The van der Waals surface area contributed by atoms with E-state index >= 15 is 0 Å². The van der Waals surface area contributed by atoms with Crippen LogP contribution < -0.4 is 20.2 Å². The van der Waals surface area contributed by atoms with Gasteiger partial charge in [0, 0.05) is 55.7 Å². The second-order valence-electron chi connectivity index (χ2n) is 9.88. The first-order valence-electron chi connectivity index (χ1n) is 13.4. The van der Waals surface area contributed by atoms with Crippen LogP contribution in [0.3, 0.4) is 0 Å². The topological polar surface area (TPSA) is 71.5 Å². The number of anilines is 2. The Labute approximate surface area is 225 Å². The fourth-order valence-corrected chi connectivity index (χ4v) is 6.39. The summed E-state index contributed by atoms with van der Waals surface area (Å²) < 4.78 is 34.2. The third-order valence-electron chi connectivity index (χ3n) is 7.30. The maximum Gasteiger partial charge on any atom is 0.430 e. The summed E-state index contributed by atoms with van der Waals surface area (Å²) in [6.45, 7) is 12.5. The van der Waals surface area contributed by atoms with E-state index in [1.54, 1.807) is 0 Å². The van der Waals surface area contributed by atoms with E-state index in [2.05, 4.69) is 60.2 Å². The highest BCUT2D eigenvalue weighted by Gasteiger charge is 2.29. The quantitative estimate of drug-likeness (QED) is 0.368. The number of aromatic nitrogens is 1. The normalized spacial score (nSPS) is 18.4. The number of aliphatic carboxylic acids is 1. The van der Waals surface area contributed by atoms with Crippen molar-refractivity contribution in [1.29, 1.82) is 0 Å². The molecule has 10 heteroatoms. The first-order chi connectivity index (χ1) is 18.1. The van der Waals surface area contributed by atoms with Crippen molar-refractivity contribution in [3.8, 4) is 0 Å². The van der Waals surface area contributed by atoms with Crippen molar-refractivity contribution in [2.24, 2.45) is 0 Å². The second kappa shape index (κ2) is 12.0. The van der Waals surface area contributed by atoms with Crippen molar-refractivity contribution >= 4 is 49.1 Å². The van der Waals surface area contributed by atoms with Crippen molar-refractivity contribution < 1.29 is 23.1 Å². The first-order valence-corrected chi connectivity index (χ1v) is 14.2. The molecule has 1 unspecified atom stereocenters. The number of hydrogen-bond donors (Lipinski definition) is 1. The fraction of sp³-hybridized carbons (Fsp3) is 0.536. The molecule has 2 saturated heterocycles. The highest BCUT2D eigenvalue weighted by molar-refractivity contribution is 7.24. The predicted octanol–water partition coefficient (Wildman–Crippen LogP) is 4.94. The number of alkyl halides is 3. The number of carboxylic acids is 1. The van der Waals surface area contributed by atoms with E-state index in [0.29, 0.717) is 6.04 Å². The number of nitrogens with one attached hydrogen (secondary N) is 1. The average molecular weight is 549 g/mol. The van der Waals surface area contributed by atoms with Crippen LogP contribution in [-0.4, -0.2) is 55.9 Å². The monoisotopic (exact) mass is 548 g/mol. The van der Waals surface area contributed by atoms with E-state index in [9.17, 15) is 13.2 Å². The molecule has 2 aliphatic rings. The van der Waals surface area contributed by atoms with Gasteiger partial charge < -0.3 is 25.0 Å². The van der Waals surface area contributed by atoms with E-state index < -0.39 is 12.1 Å². The molecule has 6 nitrogen and oxygen atoms in total. The molecule has 2 fully saturated rings. The smallest absolute Gasteiger partial charge is 0.430 e. The third-order valence-corrected chi connectivity index (χ3v) is 8.37.